The number of fused-ring (bicyclic) bond motifs is 1. The molecule has 2 fully saturated rings. The average Bonchev–Trinajstić information content (AvgIpc) is 3.41. The number of nitriles is 1. The number of rotatable bonds is 7. The van der Waals surface area contributed by atoms with Crippen LogP contribution in [-0.2, 0) is 0 Å². The second-order valence-corrected chi connectivity index (χ2v) is 10.4. The summed E-state index contributed by atoms with van der Waals surface area (Å²) in [4.78, 5) is 31.7. The van der Waals surface area contributed by atoms with Crippen LogP contribution in [0.2, 0.25) is 5.02 Å². The summed E-state index contributed by atoms with van der Waals surface area (Å²) in [6.07, 6.45) is 6.71. The minimum Gasteiger partial charge on any atom is -0.324 e. The van der Waals surface area contributed by atoms with Gasteiger partial charge in [-0.25, -0.2) is 28.1 Å². The van der Waals surface area contributed by atoms with Gasteiger partial charge in [0.05, 0.1) is 47.1 Å². The van der Waals surface area contributed by atoms with Crippen molar-refractivity contribution < 1.29 is 18.0 Å². The fourth-order valence-corrected chi connectivity index (χ4v) is 5.26. The first-order valence-electron chi connectivity index (χ1n) is 12.7. The Morgan fingerprint density at radius 3 is 2.71 bits per heavy atom. The molecule has 6 rings (SSSR count). The molecule has 0 spiro atoms. The van der Waals surface area contributed by atoms with Gasteiger partial charge >= 0.3 is 0 Å². The summed E-state index contributed by atoms with van der Waals surface area (Å²) in [5.74, 6) is -0.307. The van der Waals surface area contributed by atoms with Gasteiger partial charge in [-0.3, -0.25) is 14.5 Å². The molecule has 0 radical (unpaired) electrons. The first-order valence-corrected chi connectivity index (χ1v) is 13.0. The Hall–Kier alpha value is -4.57. The van der Waals surface area contributed by atoms with Crippen molar-refractivity contribution in [3.63, 3.8) is 0 Å². The molecule has 1 saturated carbocycles. The van der Waals surface area contributed by atoms with E-state index in [-0.39, 0.29) is 28.5 Å². The van der Waals surface area contributed by atoms with E-state index in [2.05, 4.69) is 36.4 Å². The first-order chi connectivity index (χ1) is 19.7. The van der Waals surface area contributed by atoms with Gasteiger partial charge in [0.25, 0.3) is 12.3 Å². The van der Waals surface area contributed by atoms with Crippen molar-refractivity contribution in [1.82, 2.24) is 29.7 Å². The molecule has 1 amide bonds. The molecule has 1 N–H and O–H groups in total. The summed E-state index contributed by atoms with van der Waals surface area (Å²) < 4.78 is 43.4. The van der Waals surface area contributed by atoms with Gasteiger partial charge in [0.1, 0.15) is 11.7 Å². The number of benzene rings is 1. The van der Waals surface area contributed by atoms with E-state index in [9.17, 15) is 23.2 Å². The van der Waals surface area contributed by atoms with Gasteiger partial charge in [0.15, 0.2) is 5.82 Å². The number of halogens is 4. The smallest absolute Gasteiger partial charge is 0.275 e. The van der Waals surface area contributed by atoms with E-state index in [1.165, 1.54) is 6.20 Å². The number of alkyl halides is 2. The molecular weight excluding hydrogens is 559 g/mol. The zero-order chi connectivity index (χ0) is 28.8. The molecular formula is C27H21ClF3N9O. The number of hydrogen-bond acceptors (Lipinski definition) is 8. The minimum absolute atomic E-state index is 0.193. The van der Waals surface area contributed by atoms with Gasteiger partial charge in [-0.2, -0.15) is 10.4 Å². The maximum atomic E-state index is 14.7. The number of carbonyl (C=O) groups is 1. The molecule has 14 heteroatoms. The second-order valence-electron chi connectivity index (χ2n) is 9.96. The van der Waals surface area contributed by atoms with E-state index in [0.717, 1.165) is 43.1 Å². The standard InChI is InChI=1S/C27H21ClF3N9O/c1-13(15-6-34-27(35-7-15)39-11-14-4-18(14)22(39)5-32)40-12-16(8-36-40)37-26(41)21-10-33-9-20(38-21)23-17(25(30)31)2-3-19(28)24(23)29/h2-3,6-10,12-14,18,22,25H,4,11H2,1H3,(H,37,41)/t13-,14+,18+,22+/m1/s1. The zero-order valence-corrected chi connectivity index (χ0v) is 22.2. The largest absolute Gasteiger partial charge is 0.324 e. The van der Waals surface area contributed by atoms with Crippen LogP contribution < -0.4 is 10.2 Å². The lowest BCUT2D eigenvalue weighted by atomic mass is 10.0. The van der Waals surface area contributed by atoms with E-state index in [0.29, 0.717) is 23.5 Å². The third-order valence-electron chi connectivity index (χ3n) is 7.42. The van der Waals surface area contributed by atoms with E-state index >= 15 is 0 Å². The SMILES string of the molecule is C[C@H](c1cnc(N2C[C@@H]3C[C@@H]3[C@@H]2C#N)nc1)n1cc(NC(=O)c2cncc(-c3c(C(F)F)ccc(Cl)c3F)n2)cn1. The van der Waals surface area contributed by atoms with Crippen LogP contribution in [0.25, 0.3) is 11.3 Å². The molecule has 0 unspecified atom stereocenters. The van der Waals surface area contributed by atoms with Crippen LogP contribution in [0.4, 0.5) is 24.8 Å². The number of anilines is 2. The number of nitrogens with one attached hydrogen (secondary N) is 1. The molecule has 3 aromatic heterocycles. The van der Waals surface area contributed by atoms with Crippen LogP contribution in [0.15, 0.2) is 49.3 Å². The summed E-state index contributed by atoms with van der Waals surface area (Å²) in [6, 6.07) is 3.92. The number of aromatic nitrogens is 6. The maximum Gasteiger partial charge on any atom is 0.275 e. The highest BCUT2D eigenvalue weighted by atomic mass is 35.5. The predicted molar refractivity (Wildman–Crippen MR) is 142 cm³/mol. The second kappa shape index (κ2) is 10.4. The predicted octanol–water partition coefficient (Wildman–Crippen LogP) is 5.07. The number of nitrogens with zero attached hydrogens (tertiary/aromatic N) is 8. The number of amides is 1. The Labute approximate surface area is 236 Å². The lowest BCUT2D eigenvalue weighted by molar-refractivity contribution is 0.102. The van der Waals surface area contributed by atoms with Crippen molar-refractivity contribution in [2.45, 2.75) is 31.9 Å². The van der Waals surface area contributed by atoms with E-state index in [1.54, 1.807) is 23.3 Å². The minimum atomic E-state index is -2.99. The Balaban J connectivity index is 1.16. The van der Waals surface area contributed by atoms with Crippen LogP contribution in [0, 0.1) is 29.0 Å². The molecule has 4 atom stereocenters. The van der Waals surface area contributed by atoms with Gasteiger partial charge < -0.3 is 10.2 Å². The topological polar surface area (TPSA) is 126 Å². The quantitative estimate of drug-likeness (QED) is 0.322. The highest BCUT2D eigenvalue weighted by Gasteiger charge is 2.53. The Kier molecular flexibility index (Phi) is 6.78. The van der Waals surface area contributed by atoms with Crippen molar-refractivity contribution in [3.05, 3.63) is 77.0 Å². The summed E-state index contributed by atoms with van der Waals surface area (Å²) in [5.41, 5.74) is -0.511. The van der Waals surface area contributed by atoms with E-state index in [1.807, 2.05) is 11.8 Å². The van der Waals surface area contributed by atoms with Crippen molar-refractivity contribution >= 4 is 29.1 Å². The molecule has 4 heterocycles. The van der Waals surface area contributed by atoms with Crippen LogP contribution in [0.3, 0.4) is 0 Å². The lowest BCUT2D eigenvalue weighted by Gasteiger charge is -2.22. The van der Waals surface area contributed by atoms with Gasteiger partial charge in [0, 0.05) is 41.8 Å². The number of carbonyl (C=O) groups excluding carboxylic acids is 1. The molecule has 208 valence electrons. The summed E-state index contributed by atoms with van der Waals surface area (Å²) >= 11 is 5.80. The molecule has 2 aliphatic rings. The Bertz CT molecular complexity index is 1670. The molecule has 10 nitrogen and oxygen atoms in total. The van der Waals surface area contributed by atoms with E-state index in [4.69, 9.17) is 11.6 Å². The monoisotopic (exact) mass is 579 g/mol. The average molecular weight is 580 g/mol. The number of piperidine rings is 1. The summed E-state index contributed by atoms with van der Waals surface area (Å²) in [6.45, 7) is 2.67. The van der Waals surface area contributed by atoms with E-state index < -0.39 is 29.3 Å². The lowest BCUT2D eigenvalue weighted by Crippen LogP contribution is -2.33. The molecule has 1 aromatic carbocycles. The van der Waals surface area contributed by atoms with Gasteiger partial charge in [-0.1, -0.05) is 17.7 Å². The fourth-order valence-electron chi connectivity index (χ4n) is 5.10. The molecule has 0 bridgehead atoms. The van der Waals surface area contributed by atoms with Crippen molar-refractivity contribution in [3.8, 4) is 17.3 Å². The van der Waals surface area contributed by atoms with Crippen molar-refractivity contribution in [2.24, 2.45) is 11.8 Å². The van der Waals surface area contributed by atoms with Gasteiger partial charge in [-0.15, -0.1) is 0 Å². The molecule has 1 aliphatic carbocycles. The third kappa shape index (κ3) is 4.95. The highest BCUT2D eigenvalue weighted by Crippen LogP contribution is 2.50. The summed E-state index contributed by atoms with van der Waals surface area (Å²) in [7, 11) is 0. The van der Waals surface area contributed by atoms with Crippen molar-refractivity contribution in [1.29, 1.82) is 5.26 Å². The molecule has 1 saturated heterocycles. The van der Waals surface area contributed by atoms with Gasteiger partial charge in [-0.05, 0) is 31.2 Å². The molecule has 1 aliphatic heterocycles. The fraction of sp³-hybridized carbons (Fsp3) is 0.296. The highest BCUT2D eigenvalue weighted by molar-refractivity contribution is 6.31. The van der Waals surface area contributed by atoms with Crippen LogP contribution >= 0.6 is 11.6 Å². The van der Waals surface area contributed by atoms with Crippen LogP contribution in [0.5, 0.6) is 0 Å². The maximum absolute atomic E-state index is 14.7. The van der Waals surface area contributed by atoms with Gasteiger partial charge in [0.2, 0.25) is 5.95 Å². The molecule has 4 aromatic rings. The Morgan fingerprint density at radius 2 is 1.98 bits per heavy atom. The number of hydrogen-bond donors (Lipinski definition) is 1. The molecule has 41 heavy (non-hydrogen) atoms. The third-order valence-corrected chi connectivity index (χ3v) is 7.71. The first kappa shape index (κ1) is 26.6. The van der Waals surface area contributed by atoms with Crippen LogP contribution in [-0.4, -0.2) is 48.2 Å². The summed E-state index contributed by atoms with van der Waals surface area (Å²) in [5, 5.41) is 16.1. The Morgan fingerprint density at radius 1 is 1.20 bits per heavy atom. The van der Waals surface area contributed by atoms with Crippen LogP contribution in [0.1, 0.15) is 47.4 Å². The zero-order valence-electron chi connectivity index (χ0n) is 21.4. The van der Waals surface area contributed by atoms with Crippen molar-refractivity contribution in [2.75, 3.05) is 16.8 Å². The normalized spacial score (nSPS) is 20.0.